The summed E-state index contributed by atoms with van der Waals surface area (Å²) < 4.78 is 8.61. The summed E-state index contributed by atoms with van der Waals surface area (Å²) in [6.45, 7) is 1.53. The zero-order chi connectivity index (χ0) is 16.0. The first-order chi connectivity index (χ1) is 10.4. The molecule has 1 unspecified atom stereocenters. The molecule has 1 fully saturated rings. The molecule has 7 heteroatoms. The van der Waals surface area contributed by atoms with E-state index >= 15 is 0 Å². The summed E-state index contributed by atoms with van der Waals surface area (Å²) in [7, 11) is 0. The molecule has 0 aliphatic carbocycles. The van der Waals surface area contributed by atoms with Crippen LogP contribution in [0.5, 0.6) is 0 Å². The molecule has 1 aliphatic rings. The third-order valence-electron chi connectivity index (χ3n) is 3.39. The van der Waals surface area contributed by atoms with Gasteiger partial charge in [-0.3, -0.25) is 14.4 Å². The van der Waals surface area contributed by atoms with E-state index in [0.29, 0.717) is 5.52 Å². The van der Waals surface area contributed by atoms with Gasteiger partial charge in [-0.2, -0.15) is 9.69 Å². The second-order valence-corrected chi connectivity index (χ2v) is 4.80. The summed E-state index contributed by atoms with van der Waals surface area (Å²) in [6.07, 6.45) is -0.869. The highest BCUT2D eigenvalue weighted by molar-refractivity contribution is 6.10. The van der Waals surface area contributed by atoms with E-state index in [-0.39, 0.29) is 29.7 Å². The highest BCUT2D eigenvalue weighted by atomic mass is 16.2. The molecule has 2 heterocycles. The molecule has 0 bridgehead atoms. The van der Waals surface area contributed by atoms with Crippen LogP contribution in [0.2, 0.25) is 0 Å². The average Bonchev–Trinajstić information content (AvgIpc) is 2.46. The van der Waals surface area contributed by atoms with E-state index in [2.05, 4.69) is 4.98 Å². The number of fused-ring (bicyclic) bond motifs is 1. The maximum atomic E-state index is 12.7. The predicted octanol–water partition coefficient (Wildman–Crippen LogP) is 0.462. The Morgan fingerprint density at radius 3 is 2.81 bits per heavy atom. The van der Waals surface area contributed by atoms with Crippen molar-refractivity contribution < 1.29 is 11.0 Å². The minimum absolute atomic E-state index is 0.0358. The van der Waals surface area contributed by atoms with Gasteiger partial charge < -0.3 is 5.73 Å². The van der Waals surface area contributed by atoms with Crippen LogP contribution in [0.25, 0.3) is 10.9 Å². The number of hydrogen-bond donors (Lipinski definition) is 1. The maximum absolute atomic E-state index is 12.7. The number of rotatable bonds is 1. The first kappa shape index (κ1) is 12.1. The van der Waals surface area contributed by atoms with Crippen LogP contribution >= 0.6 is 0 Å². The molecule has 2 amide bonds. The van der Waals surface area contributed by atoms with Crippen LogP contribution in [0.15, 0.2) is 23.0 Å². The number of nitrogens with two attached hydrogens (primary N) is 1. The van der Waals surface area contributed by atoms with Crippen molar-refractivity contribution in [3.8, 4) is 0 Å². The lowest BCUT2D eigenvalue weighted by Gasteiger charge is -2.27. The van der Waals surface area contributed by atoms with Crippen LogP contribution in [0.4, 0.5) is 5.69 Å². The third kappa shape index (κ3) is 1.97. The highest BCUT2D eigenvalue weighted by Gasteiger charge is 2.30. The molecule has 1 aliphatic heterocycles. The van der Waals surface area contributed by atoms with Crippen molar-refractivity contribution in [3.05, 3.63) is 34.4 Å². The normalized spacial score (nSPS) is 20.0. The summed E-state index contributed by atoms with van der Waals surface area (Å²) in [6, 6.07) is 4.86. The molecule has 108 valence electrons. The minimum atomic E-state index is -1.06. The van der Waals surface area contributed by atoms with Gasteiger partial charge in [0, 0.05) is 19.9 Å². The summed E-state index contributed by atoms with van der Waals surface area (Å²) in [5.41, 5.74) is 5.86. The number of nitrogens with zero attached hydrogens (tertiary/aromatic N) is 3. The lowest BCUT2D eigenvalue weighted by Crippen LogP contribution is -2.53. The van der Waals surface area contributed by atoms with Gasteiger partial charge in [0.25, 0.3) is 5.56 Å². The molecular weight excluding hydrogens is 272 g/mol. The Kier molecular flexibility index (Phi) is 2.70. The fourth-order valence-electron chi connectivity index (χ4n) is 2.44. The number of anilines is 1. The summed E-state index contributed by atoms with van der Waals surface area (Å²) in [5, 5.41) is 0.873. The fraction of sp³-hybridized carbons (Fsp3) is 0.286. The highest BCUT2D eigenvalue weighted by Crippen LogP contribution is 2.17. The molecule has 0 saturated carbocycles. The molecule has 1 atom stereocenters. The smallest absolute Gasteiger partial charge is 0.283 e. The lowest BCUT2D eigenvalue weighted by atomic mass is 10.1. The van der Waals surface area contributed by atoms with Gasteiger partial charge in [-0.1, -0.05) is 6.07 Å². The standard InChI is InChI=1S/C14H14N4O3/c1-8-16-10-5-2-4-9(15)13(10)14(21)17(8)18-11(19)6-3-7-12(18)20/h2,4-5H,3,6-7,15H2,1H3/i6D. The zero-order valence-electron chi connectivity index (χ0n) is 12.4. The lowest BCUT2D eigenvalue weighted by molar-refractivity contribution is -0.131. The Morgan fingerprint density at radius 2 is 2.05 bits per heavy atom. The maximum Gasteiger partial charge on any atom is 0.283 e. The second kappa shape index (κ2) is 4.69. The summed E-state index contributed by atoms with van der Waals surface area (Å²) in [5.74, 6) is -1.05. The van der Waals surface area contributed by atoms with Gasteiger partial charge >= 0.3 is 0 Å². The number of aryl methyl sites for hydroxylation is 1. The first-order valence-electron chi connectivity index (χ1n) is 7.06. The number of carbonyl (C=O) groups excluding carboxylic acids is 2. The number of aromatic nitrogens is 2. The topological polar surface area (TPSA) is 98.3 Å². The zero-order valence-corrected chi connectivity index (χ0v) is 11.4. The molecule has 1 saturated heterocycles. The number of carbonyl (C=O) groups is 2. The first-order valence-corrected chi connectivity index (χ1v) is 6.49. The molecule has 3 rings (SSSR count). The van der Waals surface area contributed by atoms with Gasteiger partial charge in [-0.15, -0.1) is 0 Å². The number of nitrogen functional groups attached to an aromatic ring is 1. The van der Waals surface area contributed by atoms with E-state index in [4.69, 9.17) is 7.10 Å². The van der Waals surface area contributed by atoms with Crippen LogP contribution in [0, 0.1) is 6.92 Å². The van der Waals surface area contributed by atoms with Gasteiger partial charge in [0.1, 0.15) is 5.82 Å². The summed E-state index contributed by atoms with van der Waals surface area (Å²) in [4.78, 5) is 41.2. The van der Waals surface area contributed by atoms with Gasteiger partial charge in [0.05, 0.1) is 10.9 Å². The average molecular weight is 287 g/mol. The van der Waals surface area contributed by atoms with Crippen molar-refractivity contribution in [2.45, 2.75) is 26.2 Å². The third-order valence-corrected chi connectivity index (χ3v) is 3.39. The molecule has 7 nitrogen and oxygen atoms in total. The van der Waals surface area contributed by atoms with E-state index in [1.54, 1.807) is 18.2 Å². The molecule has 2 N–H and O–H groups in total. The van der Waals surface area contributed by atoms with Crippen LogP contribution in [-0.4, -0.2) is 21.5 Å². The molecular formula is C14H14N4O3. The van der Waals surface area contributed by atoms with Crippen molar-refractivity contribution in [1.29, 1.82) is 0 Å². The van der Waals surface area contributed by atoms with Crippen molar-refractivity contribution >= 4 is 28.4 Å². The Labute approximate surface area is 121 Å². The van der Waals surface area contributed by atoms with E-state index in [1.165, 1.54) is 6.92 Å². The van der Waals surface area contributed by atoms with Crippen LogP contribution in [0.1, 0.15) is 26.4 Å². The van der Waals surface area contributed by atoms with Gasteiger partial charge in [-0.25, -0.2) is 4.98 Å². The summed E-state index contributed by atoms with van der Waals surface area (Å²) >= 11 is 0. The van der Waals surface area contributed by atoms with Crippen molar-refractivity contribution in [2.75, 3.05) is 10.7 Å². The van der Waals surface area contributed by atoms with Crippen LogP contribution in [-0.2, 0) is 9.59 Å². The van der Waals surface area contributed by atoms with Gasteiger partial charge in [0.15, 0.2) is 0 Å². The van der Waals surface area contributed by atoms with E-state index in [9.17, 15) is 14.4 Å². The molecule has 21 heavy (non-hydrogen) atoms. The molecule has 1 aromatic heterocycles. The Morgan fingerprint density at radius 1 is 1.29 bits per heavy atom. The number of hydrogen-bond acceptors (Lipinski definition) is 5. The van der Waals surface area contributed by atoms with Crippen LogP contribution in [0.3, 0.4) is 0 Å². The van der Waals surface area contributed by atoms with Crippen molar-refractivity contribution in [3.63, 3.8) is 0 Å². The molecule has 1 aromatic carbocycles. The second-order valence-electron chi connectivity index (χ2n) is 4.80. The van der Waals surface area contributed by atoms with E-state index < -0.39 is 23.8 Å². The molecule has 0 spiro atoms. The largest absolute Gasteiger partial charge is 0.398 e. The predicted molar refractivity (Wildman–Crippen MR) is 77.2 cm³/mol. The number of piperidine rings is 1. The molecule has 0 radical (unpaired) electrons. The SMILES string of the molecule is [2H]C1CCC(=O)N(n2c(C)nc3cccc(N)c3c2=O)C1=O. The Bertz CT molecular complexity index is 861. The quantitative estimate of drug-likeness (QED) is 0.607. The monoisotopic (exact) mass is 287 g/mol. The van der Waals surface area contributed by atoms with E-state index in [1.807, 2.05) is 0 Å². The van der Waals surface area contributed by atoms with Gasteiger partial charge in [-0.05, 0) is 25.5 Å². The minimum Gasteiger partial charge on any atom is -0.398 e. The number of benzene rings is 1. The number of amides is 2. The van der Waals surface area contributed by atoms with E-state index in [0.717, 1.165) is 9.69 Å². The van der Waals surface area contributed by atoms with Crippen molar-refractivity contribution in [2.24, 2.45) is 0 Å². The fourth-order valence-corrected chi connectivity index (χ4v) is 2.44. The Balaban J connectivity index is 2.31. The van der Waals surface area contributed by atoms with Crippen LogP contribution < -0.4 is 16.3 Å². The number of imide groups is 1. The van der Waals surface area contributed by atoms with Gasteiger partial charge in [0.2, 0.25) is 11.8 Å². The Hall–Kier alpha value is -2.70. The van der Waals surface area contributed by atoms with Crippen molar-refractivity contribution in [1.82, 2.24) is 9.66 Å². The molecule has 2 aromatic rings.